The van der Waals surface area contributed by atoms with Gasteiger partial charge >= 0.3 is 0 Å². The number of hydrogen-bond donors (Lipinski definition) is 2. The van der Waals surface area contributed by atoms with E-state index in [-0.39, 0.29) is 0 Å². The van der Waals surface area contributed by atoms with Crippen LogP contribution in [0.2, 0.25) is 0 Å². The fraction of sp³-hybridized carbons (Fsp3) is 0.0816. The Morgan fingerprint density at radius 2 is 1.58 bits per heavy atom. The Morgan fingerprint density at radius 1 is 0.788 bits per heavy atom. The number of aromatic nitrogens is 2. The van der Waals surface area contributed by atoms with Crippen molar-refractivity contribution < 1.29 is 0 Å². The summed E-state index contributed by atoms with van der Waals surface area (Å²) in [5.74, 6) is 0. The van der Waals surface area contributed by atoms with Crippen molar-refractivity contribution in [3.8, 4) is 0 Å². The minimum absolute atomic E-state index is 0.819. The minimum Gasteiger partial charge on any atom is -0.398 e. The van der Waals surface area contributed by atoms with Crippen molar-refractivity contribution in [3.63, 3.8) is 0 Å². The van der Waals surface area contributed by atoms with Crippen LogP contribution in [0.4, 0.5) is 5.69 Å². The molecule has 2 aliphatic rings. The topological polar surface area (TPSA) is 46.7 Å². The molecule has 0 bridgehead atoms. The number of nitrogens with one attached hydrogen (secondary N) is 1. The van der Waals surface area contributed by atoms with E-state index in [9.17, 15) is 0 Å². The van der Waals surface area contributed by atoms with Gasteiger partial charge in [0.2, 0.25) is 0 Å². The van der Waals surface area contributed by atoms with Gasteiger partial charge in [0.25, 0.3) is 0 Å². The summed E-state index contributed by atoms with van der Waals surface area (Å²) in [5, 5.41) is 6.14. The first-order valence-corrected chi connectivity index (χ1v) is 18.0. The second-order valence-electron chi connectivity index (χ2n) is 12.7. The first-order valence-electron chi connectivity index (χ1n) is 18.0. The second-order valence-corrected chi connectivity index (χ2v) is 12.7. The van der Waals surface area contributed by atoms with Gasteiger partial charge in [-0.3, -0.25) is 0 Å². The molecule has 0 aliphatic heterocycles. The van der Waals surface area contributed by atoms with E-state index in [0.717, 1.165) is 28.8 Å². The van der Waals surface area contributed by atoms with Gasteiger partial charge in [0.05, 0.1) is 22.2 Å². The molecule has 3 heteroatoms. The largest absolute Gasteiger partial charge is 0.398 e. The van der Waals surface area contributed by atoms with Gasteiger partial charge in [0.1, 0.15) is 0 Å². The molecule has 0 spiro atoms. The van der Waals surface area contributed by atoms with Gasteiger partial charge in [0, 0.05) is 55.9 Å². The van der Waals surface area contributed by atoms with E-state index in [1.54, 1.807) is 0 Å². The number of aromatic amines is 1. The third-order valence-corrected chi connectivity index (χ3v) is 9.85. The lowest BCUT2D eigenvalue weighted by Gasteiger charge is -2.10. The molecule has 0 amide bonds. The highest BCUT2D eigenvalue weighted by Gasteiger charge is 2.21. The average molecular weight is 670 g/mol. The van der Waals surface area contributed by atoms with Crippen LogP contribution in [0, 0.1) is 12.1 Å². The first-order chi connectivity index (χ1) is 25.7. The first kappa shape index (κ1) is 32.5. The molecule has 0 saturated heterocycles. The third kappa shape index (κ3) is 5.62. The van der Waals surface area contributed by atoms with Crippen LogP contribution in [-0.2, 0) is 6.42 Å². The van der Waals surface area contributed by atoms with E-state index in [4.69, 9.17) is 5.73 Å². The highest BCUT2D eigenvalue weighted by Crippen LogP contribution is 2.40. The number of nitrogens with two attached hydrogens (primary N) is 1. The molecule has 8 aromatic rings. The Labute approximate surface area is 305 Å². The average Bonchev–Trinajstić information content (AvgIpc) is 4.00. The third-order valence-electron chi connectivity index (χ3n) is 9.85. The Bertz CT molecular complexity index is 2780. The van der Waals surface area contributed by atoms with Gasteiger partial charge in [0.15, 0.2) is 0 Å². The van der Waals surface area contributed by atoms with Crippen LogP contribution in [0.25, 0.3) is 66.4 Å². The Morgan fingerprint density at radius 3 is 2.38 bits per heavy atom. The molecule has 52 heavy (non-hydrogen) atoms. The highest BCUT2D eigenvalue weighted by atomic mass is 15.0. The molecule has 0 atom stereocenters. The number of nitrogens with zero attached hydrogens (tertiary/aromatic N) is 1. The summed E-state index contributed by atoms with van der Waals surface area (Å²) in [6, 6.07) is 48.5. The van der Waals surface area contributed by atoms with Gasteiger partial charge < -0.3 is 15.3 Å². The quantitative estimate of drug-likeness (QED) is 0.142. The van der Waals surface area contributed by atoms with Crippen molar-refractivity contribution in [1.29, 1.82) is 0 Å². The van der Waals surface area contributed by atoms with Gasteiger partial charge in [-0.1, -0.05) is 123 Å². The zero-order valence-corrected chi connectivity index (χ0v) is 29.7. The van der Waals surface area contributed by atoms with E-state index in [0.29, 0.717) is 0 Å². The predicted octanol–water partition coefficient (Wildman–Crippen LogP) is 12.4. The molecule has 2 heterocycles. The van der Waals surface area contributed by atoms with Crippen LogP contribution < -0.4 is 5.73 Å². The summed E-state index contributed by atoms with van der Waals surface area (Å²) >= 11 is 0. The highest BCUT2D eigenvalue weighted by molar-refractivity contribution is 6.13. The van der Waals surface area contributed by atoms with Crippen molar-refractivity contribution in [2.24, 2.45) is 0 Å². The van der Waals surface area contributed by atoms with Gasteiger partial charge in [-0.05, 0) is 89.9 Å². The van der Waals surface area contributed by atoms with Gasteiger partial charge in [-0.2, -0.15) is 0 Å². The smallest absolute Gasteiger partial charge is 0.0891 e. The van der Waals surface area contributed by atoms with Crippen LogP contribution in [0.5, 0.6) is 0 Å². The summed E-state index contributed by atoms with van der Waals surface area (Å²) in [5.41, 5.74) is 23.6. The van der Waals surface area contributed by atoms with Crippen LogP contribution in [0.3, 0.4) is 0 Å². The van der Waals surface area contributed by atoms with E-state index in [1.165, 1.54) is 71.6 Å². The van der Waals surface area contributed by atoms with Crippen LogP contribution >= 0.6 is 0 Å². The molecule has 2 aromatic heterocycles. The minimum atomic E-state index is 0.819. The number of allylic oxidation sites excluding steroid dienone is 5. The number of benzene rings is 5. The Hall–Kier alpha value is -6.72. The molecule has 2 aliphatic carbocycles. The lowest BCUT2D eigenvalue weighted by Crippen LogP contribution is -1.94. The molecule has 3 N–H and O–H groups in total. The predicted molar refractivity (Wildman–Crippen MR) is 223 cm³/mol. The summed E-state index contributed by atoms with van der Waals surface area (Å²) in [6.07, 6.45) is 11.5. The van der Waals surface area contributed by atoms with Crippen LogP contribution in [0.1, 0.15) is 48.7 Å². The number of anilines is 1. The van der Waals surface area contributed by atoms with E-state index >= 15 is 0 Å². The van der Waals surface area contributed by atoms with Crippen molar-refractivity contribution in [3.05, 3.63) is 191 Å². The molecular weight excluding hydrogens is 631 g/mol. The number of rotatable bonds is 4. The molecule has 0 radical (unpaired) electrons. The van der Waals surface area contributed by atoms with Crippen molar-refractivity contribution in [1.82, 2.24) is 9.55 Å². The van der Waals surface area contributed by atoms with Crippen molar-refractivity contribution in [2.45, 2.75) is 27.2 Å². The summed E-state index contributed by atoms with van der Waals surface area (Å²) < 4.78 is 2.31. The lowest BCUT2D eigenvalue weighted by atomic mass is 9.96. The zero-order valence-electron chi connectivity index (χ0n) is 29.7. The number of nitrogen functional groups attached to an aromatic ring is 1. The molecule has 250 valence electrons. The number of fused-ring (bicyclic) bond motifs is 8. The molecule has 0 unspecified atom stereocenters. The monoisotopic (exact) mass is 669 g/mol. The molecule has 0 fully saturated rings. The fourth-order valence-corrected chi connectivity index (χ4v) is 7.52. The molecule has 0 saturated carbocycles. The standard InChI is InChI=1S/C32H18N2.C15H15N.C2H6/c1-4-10-24-20(7-1)13-15-26-27-18-22(19-29(27)33-32(24)26)21-14-16-31-28(17-21)25-11-5-6-12-30(25)34(31)23-8-2-3-9-23;1-2-13(12-8-4-3-5-9-12)14-10-6-7-11-15(14)16;1-2/h2-6,8,10-18,33H,19H2;2-11H,16H2,1H3;1-2H3/b;13-2-;. The molecular formula is C49H39N3. The van der Waals surface area contributed by atoms with E-state index in [2.05, 4.69) is 125 Å². The molecule has 6 aromatic carbocycles. The fourth-order valence-electron chi connectivity index (χ4n) is 7.52. The number of hydrogen-bond acceptors (Lipinski definition) is 1. The normalized spacial score (nSPS) is 13.0. The molecule has 3 nitrogen and oxygen atoms in total. The SMILES string of the molecule is C/C=C(/c1ccccc1)c1ccccc1N.C1=CC=CC=1n1c2ccccc2c2cc(C3=Cc4c([nH]c5c4ccc4c#cccc45)C3)ccc21.CC. The lowest BCUT2D eigenvalue weighted by molar-refractivity contribution is 1.21. The second kappa shape index (κ2) is 13.9. The maximum Gasteiger partial charge on any atom is 0.0891 e. The number of para-hydroxylation sites is 2. The van der Waals surface area contributed by atoms with Crippen molar-refractivity contribution in [2.75, 3.05) is 5.73 Å². The summed E-state index contributed by atoms with van der Waals surface area (Å²) in [7, 11) is 0. The van der Waals surface area contributed by atoms with E-state index in [1.807, 2.05) is 75.4 Å². The summed E-state index contributed by atoms with van der Waals surface area (Å²) in [4.78, 5) is 3.71. The summed E-state index contributed by atoms with van der Waals surface area (Å²) in [6.45, 7) is 6.04. The van der Waals surface area contributed by atoms with Gasteiger partial charge in [-0.15, -0.1) is 0 Å². The van der Waals surface area contributed by atoms with Gasteiger partial charge in [-0.25, -0.2) is 0 Å². The molecule has 10 rings (SSSR count). The zero-order chi connectivity index (χ0) is 35.6. The van der Waals surface area contributed by atoms with Crippen LogP contribution in [0.15, 0.2) is 151 Å². The maximum absolute atomic E-state index is 5.99. The van der Waals surface area contributed by atoms with Crippen molar-refractivity contribution >= 4 is 72.1 Å². The van der Waals surface area contributed by atoms with E-state index < -0.39 is 0 Å². The number of H-pyrrole nitrogens is 1. The Kier molecular flexibility index (Phi) is 8.68. The van der Waals surface area contributed by atoms with Crippen LogP contribution in [-0.4, -0.2) is 9.55 Å². The Balaban J connectivity index is 0.000000182. The maximum atomic E-state index is 5.99.